The van der Waals surface area contributed by atoms with Crippen LogP contribution in [0.1, 0.15) is 42.3 Å². The van der Waals surface area contributed by atoms with E-state index in [-0.39, 0.29) is 29.6 Å². The molecule has 1 aromatic carbocycles. The van der Waals surface area contributed by atoms with E-state index in [1.807, 2.05) is 30.4 Å². The minimum absolute atomic E-state index is 0.0406. The second kappa shape index (κ2) is 5.48. The van der Waals surface area contributed by atoms with Crippen LogP contribution >= 0.6 is 0 Å². The Morgan fingerprint density at radius 1 is 1.35 bits per heavy atom. The maximum Gasteiger partial charge on any atom is 0.226 e. The van der Waals surface area contributed by atoms with E-state index >= 15 is 0 Å². The van der Waals surface area contributed by atoms with Crippen LogP contribution in [-0.2, 0) is 11.8 Å². The summed E-state index contributed by atoms with van der Waals surface area (Å²) in [6.07, 6.45) is 6.59. The third-order valence-corrected chi connectivity index (χ3v) is 5.06. The molecule has 5 heteroatoms. The molecule has 0 N–H and O–H groups in total. The average molecular weight is 313 g/mol. The molecule has 2 aliphatic rings. The van der Waals surface area contributed by atoms with Gasteiger partial charge in [-0.1, -0.05) is 18.2 Å². The summed E-state index contributed by atoms with van der Waals surface area (Å²) in [6.45, 7) is 0.791. The topological polar surface area (TPSA) is 38.1 Å². The van der Waals surface area contributed by atoms with Gasteiger partial charge in [0.2, 0.25) is 5.91 Å². The summed E-state index contributed by atoms with van der Waals surface area (Å²) in [5.74, 6) is -0.0503. The van der Waals surface area contributed by atoms with Gasteiger partial charge in [-0.2, -0.15) is 5.10 Å². The van der Waals surface area contributed by atoms with Gasteiger partial charge in [-0.15, -0.1) is 0 Å². The zero-order valence-corrected chi connectivity index (χ0v) is 13.2. The fraction of sp³-hybridized carbons (Fsp3) is 0.444. The van der Waals surface area contributed by atoms with Crippen molar-refractivity contribution in [2.75, 3.05) is 6.54 Å². The molecule has 1 saturated heterocycles. The number of aromatic nitrogens is 2. The fourth-order valence-electron chi connectivity index (χ4n) is 3.79. The monoisotopic (exact) mass is 313 g/mol. The van der Waals surface area contributed by atoms with Crippen molar-refractivity contribution >= 4 is 5.91 Å². The van der Waals surface area contributed by atoms with Gasteiger partial charge in [0.25, 0.3) is 0 Å². The van der Waals surface area contributed by atoms with Crippen LogP contribution in [0.5, 0.6) is 0 Å². The Kier molecular flexibility index (Phi) is 3.43. The number of likely N-dealkylation sites (tertiary alicyclic amines) is 1. The SMILES string of the molecule is Cn1cc([C@@H]2CCCN2C(=O)[C@@H]2C[C@@H]2c2ccccc2F)cn1. The Morgan fingerprint density at radius 2 is 2.17 bits per heavy atom. The van der Waals surface area contributed by atoms with Gasteiger partial charge in [-0.25, -0.2) is 4.39 Å². The number of benzene rings is 1. The van der Waals surface area contributed by atoms with Crippen LogP contribution in [0.2, 0.25) is 0 Å². The summed E-state index contributed by atoms with van der Waals surface area (Å²) in [4.78, 5) is 14.8. The number of aryl methyl sites for hydroxylation is 1. The molecule has 4 nitrogen and oxygen atoms in total. The van der Waals surface area contributed by atoms with Gasteiger partial charge in [0, 0.05) is 31.3 Å². The molecule has 3 atom stereocenters. The molecule has 0 radical (unpaired) electrons. The lowest BCUT2D eigenvalue weighted by Crippen LogP contribution is -2.32. The van der Waals surface area contributed by atoms with Gasteiger partial charge in [0.05, 0.1) is 12.2 Å². The van der Waals surface area contributed by atoms with E-state index in [1.54, 1.807) is 16.8 Å². The van der Waals surface area contributed by atoms with Crippen molar-refractivity contribution in [3.8, 4) is 0 Å². The van der Waals surface area contributed by atoms with Gasteiger partial charge in [-0.3, -0.25) is 9.48 Å². The molecule has 23 heavy (non-hydrogen) atoms. The molecule has 1 saturated carbocycles. The van der Waals surface area contributed by atoms with Crippen LogP contribution in [0.4, 0.5) is 4.39 Å². The molecule has 4 rings (SSSR count). The van der Waals surface area contributed by atoms with Crippen molar-refractivity contribution in [1.82, 2.24) is 14.7 Å². The summed E-state index contributed by atoms with van der Waals surface area (Å²) < 4.78 is 15.7. The van der Waals surface area contributed by atoms with Crippen LogP contribution in [0, 0.1) is 11.7 Å². The number of rotatable bonds is 3. The molecule has 1 aromatic heterocycles. The first-order chi connectivity index (χ1) is 11.1. The zero-order chi connectivity index (χ0) is 16.0. The first-order valence-corrected chi connectivity index (χ1v) is 8.18. The Labute approximate surface area is 134 Å². The lowest BCUT2D eigenvalue weighted by atomic mass is 10.1. The molecule has 1 aliphatic carbocycles. The van der Waals surface area contributed by atoms with Gasteiger partial charge >= 0.3 is 0 Å². The summed E-state index contributed by atoms with van der Waals surface area (Å²) in [5.41, 5.74) is 1.78. The van der Waals surface area contributed by atoms with E-state index < -0.39 is 0 Å². The second-order valence-electron chi connectivity index (χ2n) is 6.61. The molecular weight excluding hydrogens is 293 g/mol. The normalized spacial score (nSPS) is 26.5. The molecule has 2 heterocycles. The largest absolute Gasteiger partial charge is 0.335 e. The molecule has 2 aromatic rings. The van der Waals surface area contributed by atoms with Crippen molar-refractivity contribution in [2.24, 2.45) is 13.0 Å². The van der Waals surface area contributed by atoms with E-state index in [1.165, 1.54) is 6.07 Å². The van der Waals surface area contributed by atoms with Crippen LogP contribution in [0.15, 0.2) is 36.7 Å². The average Bonchev–Trinajstić information content (AvgIpc) is 2.97. The van der Waals surface area contributed by atoms with Crippen molar-refractivity contribution in [2.45, 2.75) is 31.2 Å². The minimum atomic E-state index is -0.196. The van der Waals surface area contributed by atoms with E-state index in [4.69, 9.17) is 0 Å². The number of carbonyl (C=O) groups excluding carboxylic acids is 1. The van der Waals surface area contributed by atoms with Crippen LogP contribution in [0.3, 0.4) is 0 Å². The van der Waals surface area contributed by atoms with Gasteiger partial charge < -0.3 is 4.90 Å². The highest BCUT2D eigenvalue weighted by Gasteiger charge is 2.48. The lowest BCUT2D eigenvalue weighted by molar-refractivity contribution is -0.133. The second-order valence-corrected chi connectivity index (χ2v) is 6.61. The number of nitrogens with zero attached hydrogens (tertiary/aromatic N) is 3. The zero-order valence-electron chi connectivity index (χ0n) is 13.2. The maximum absolute atomic E-state index is 13.9. The predicted molar refractivity (Wildman–Crippen MR) is 84.1 cm³/mol. The summed E-state index contributed by atoms with van der Waals surface area (Å²) >= 11 is 0. The third-order valence-electron chi connectivity index (χ3n) is 5.06. The summed E-state index contributed by atoms with van der Waals surface area (Å²) in [6, 6.07) is 6.93. The Balaban J connectivity index is 1.50. The Bertz CT molecular complexity index is 741. The van der Waals surface area contributed by atoms with Gasteiger partial charge in [-0.05, 0) is 36.8 Å². The van der Waals surface area contributed by atoms with Crippen LogP contribution < -0.4 is 0 Å². The first kappa shape index (κ1) is 14.4. The lowest BCUT2D eigenvalue weighted by Gasteiger charge is -2.24. The van der Waals surface area contributed by atoms with Crippen LogP contribution in [0.25, 0.3) is 0 Å². The van der Waals surface area contributed by atoms with Crippen molar-refractivity contribution < 1.29 is 9.18 Å². The molecule has 0 unspecified atom stereocenters. The van der Waals surface area contributed by atoms with Crippen molar-refractivity contribution in [3.05, 3.63) is 53.6 Å². The summed E-state index contributed by atoms with van der Waals surface area (Å²) in [7, 11) is 1.89. The summed E-state index contributed by atoms with van der Waals surface area (Å²) in [5, 5.41) is 4.22. The molecular formula is C18H20FN3O. The number of halogens is 1. The molecule has 1 amide bonds. The maximum atomic E-state index is 13.9. The molecule has 0 spiro atoms. The molecule has 1 aliphatic heterocycles. The Hall–Kier alpha value is -2.17. The number of amides is 1. The quantitative estimate of drug-likeness (QED) is 0.873. The van der Waals surface area contributed by atoms with E-state index in [0.29, 0.717) is 5.56 Å². The molecule has 120 valence electrons. The highest BCUT2D eigenvalue weighted by atomic mass is 19.1. The minimum Gasteiger partial charge on any atom is -0.335 e. The molecule has 2 fully saturated rings. The van der Waals surface area contributed by atoms with Gasteiger partial charge in [0.1, 0.15) is 5.82 Å². The smallest absolute Gasteiger partial charge is 0.226 e. The van der Waals surface area contributed by atoms with Crippen molar-refractivity contribution in [3.63, 3.8) is 0 Å². The van der Waals surface area contributed by atoms with E-state index in [9.17, 15) is 9.18 Å². The number of hydrogen-bond acceptors (Lipinski definition) is 2. The van der Waals surface area contributed by atoms with E-state index in [0.717, 1.165) is 31.4 Å². The standard InChI is InChI=1S/C18H20FN3O/c1-21-11-12(10-20-21)17-7-4-8-22(17)18(23)15-9-14(15)13-5-2-3-6-16(13)19/h2-3,5-6,10-11,14-15,17H,4,7-9H2,1H3/t14-,15-,17+/m1/s1. The predicted octanol–water partition coefficient (Wildman–Crippen LogP) is 3.03. The van der Waals surface area contributed by atoms with Crippen molar-refractivity contribution in [1.29, 1.82) is 0 Å². The van der Waals surface area contributed by atoms with E-state index in [2.05, 4.69) is 5.10 Å². The molecule has 0 bridgehead atoms. The first-order valence-electron chi connectivity index (χ1n) is 8.18. The highest BCUT2D eigenvalue weighted by Crippen LogP contribution is 2.50. The fourth-order valence-corrected chi connectivity index (χ4v) is 3.79. The van der Waals surface area contributed by atoms with Crippen LogP contribution in [-0.4, -0.2) is 27.1 Å². The third kappa shape index (κ3) is 2.54. The Morgan fingerprint density at radius 3 is 2.91 bits per heavy atom. The van der Waals surface area contributed by atoms with Gasteiger partial charge in [0.15, 0.2) is 0 Å². The number of hydrogen-bond donors (Lipinski definition) is 0. The number of carbonyl (C=O) groups is 1. The highest BCUT2D eigenvalue weighted by molar-refractivity contribution is 5.83.